The van der Waals surface area contributed by atoms with Crippen LogP contribution in [0.2, 0.25) is 0 Å². The second-order valence-electron chi connectivity index (χ2n) is 7.10. The molecular formula is C22H21N5OS. The zero-order chi connectivity index (χ0) is 19.6. The molecule has 1 fully saturated rings. The topological polar surface area (TPSA) is 70.2 Å². The minimum Gasteiger partial charge on any atom is -0.350 e. The number of rotatable bonds is 4. The third-order valence-electron chi connectivity index (χ3n) is 5.16. The number of piperazine rings is 1. The highest BCUT2D eigenvalue weighted by Crippen LogP contribution is 2.32. The molecule has 2 aromatic carbocycles. The van der Waals surface area contributed by atoms with Gasteiger partial charge in [-0.1, -0.05) is 30.3 Å². The summed E-state index contributed by atoms with van der Waals surface area (Å²) in [7, 11) is 0. The van der Waals surface area contributed by atoms with Gasteiger partial charge in [-0.05, 0) is 23.8 Å². The lowest BCUT2D eigenvalue weighted by molar-refractivity contribution is 0.0741. The van der Waals surface area contributed by atoms with Crippen LogP contribution in [0.5, 0.6) is 0 Å². The molecule has 4 aromatic rings. The maximum Gasteiger partial charge on any atom is 0.264 e. The van der Waals surface area contributed by atoms with Crippen LogP contribution in [0.25, 0.3) is 21.0 Å². The van der Waals surface area contributed by atoms with Crippen molar-refractivity contribution in [1.82, 2.24) is 20.2 Å². The van der Waals surface area contributed by atoms with Crippen LogP contribution in [0.15, 0.2) is 54.7 Å². The Morgan fingerprint density at radius 2 is 1.97 bits per heavy atom. The molecule has 0 radical (unpaired) electrons. The number of fused-ring (bicyclic) bond motifs is 3. The highest BCUT2D eigenvalue weighted by Gasteiger charge is 2.20. The van der Waals surface area contributed by atoms with Gasteiger partial charge in [-0.2, -0.15) is 0 Å². The molecule has 0 saturated carbocycles. The van der Waals surface area contributed by atoms with Gasteiger partial charge in [-0.15, -0.1) is 11.3 Å². The van der Waals surface area contributed by atoms with Crippen molar-refractivity contribution in [3.63, 3.8) is 0 Å². The quantitative estimate of drug-likeness (QED) is 0.546. The van der Waals surface area contributed by atoms with Gasteiger partial charge in [0.25, 0.3) is 5.91 Å². The lowest BCUT2D eigenvalue weighted by Gasteiger charge is -2.26. The van der Waals surface area contributed by atoms with Gasteiger partial charge < -0.3 is 15.5 Å². The van der Waals surface area contributed by atoms with Gasteiger partial charge in [-0.25, -0.2) is 9.97 Å². The zero-order valence-corrected chi connectivity index (χ0v) is 16.7. The van der Waals surface area contributed by atoms with E-state index in [0.717, 1.165) is 52.0 Å². The third-order valence-corrected chi connectivity index (χ3v) is 6.24. The molecule has 0 spiro atoms. The fourth-order valence-electron chi connectivity index (χ4n) is 3.60. The normalized spacial score (nSPS) is 14.4. The summed E-state index contributed by atoms with van der Waals surface area (Å²) < 4.78 is 1.07. The Morgan fingerprint density at radius 3 is 2.79 bits per heavy atom. The second kappa shape index (κ2) is 7.77. The minimum absolute atomic E-state index is 0.109. The van der Waals surface area contributed by atoms with Crippen molar-refractivity contribution in [2.45, 2.75) is 6.54 Å². The summed E-state index contributed by atoms with van der Waals surface area (Å²) in [5.41, 5.74) is 2.05. The van der Waals surface area contributed by atoms with Gasteiger partial charge in [0.2, 0.25) is 5.95 Å². The van der Waals surface area contributed by atoms with Crippen molar-refractivity contribution in [2.24, 2.45) is 0 Å². The number of carbonyl (C=O) groups excluding carboxylic acids is 1. The molecule has 6 nitrogen and oxygen atoms in total. The van der Waals surface area contributed by atoms with E-state index in [1.165, 1.54) is 16.9 Å². The number of aromatic nitrogens is 2. The molecule has 29 heavy (non-hydrogen) atoms. The Morgan fingerprint density at radius 1 is 1.14 bits per heavy atom. The number of carbonyl (C=O) groups is 1. The molecule has 1 aliphatic heterocycles. The number of benzene rings is 2. The molecule has 2 N–H and O–H groups in total. The number of anilines is 1. The Bertz CT molecular complexity index is 1170. The van der Waals surface area contributed by atoms with Crippen molar-refractivity contribution >= 4 is 44.2 Å². The van der Waals surface area contributed by atoms with Gasteiger partial charge >= 0.3 is 0 Å². The number of nitrogens with one attached hydrogen (secondary N) is 2. The van der Waals surface area contributed by atoms with Crippen LogP contribution in [-0.4, -0.2) is 47.0 Å². The predicted octanol–water partition coefficient (Wildman–Crippen LogP) is 3.50. The van der Waals surface area contributed by atoms with Crippen molar-refractivity contribution < 1.29 is 4.79 Å². The summed E-state index contributed by atoms with van der Waals surface area (Å²) >= 11 is 1.54. The Labute approximate surface area is 172 Å². The van der Waals surface area contributed by atoms with Crippen LogP contribution in [-0.2, 0) is 6.54 Å². The van der Waals surface area contributed by atoms with Crippen molar-refractivity contribution in [2.75, 3.05) is 31.5 Å². The SMILES string of the molecule is O=C(c1cc2c(ccc3cnc(NCc4ccccc4)nc32)s1)N1CCNCC1. The molecule has 0 bridgehead atoms. The van der Waals surface area contributed by atoms with E-state index in [1.807, 2.05) is 41.4 Å². The monoisotopic (exact) mass is 403 g/mol. The summed E-state index contributed by atoms with van der Waals surface area (Å²) in [5, 5.41) is 8.57. The van der Waals surface area contributed by atoms with Gasteiger partial charge in [0.1, 0.15) is 0 Å². The highest BCUT2D eigenvalue weighted by molar-refractivity contribution is 7.21. The summed E-state index contributed by atoms with van der Waals surface area (Å²) in [6.07, 6.45) is 1.84. The van der Waals surface area contributed by atoms with E-state index in [9.17, 15) is 4.79 Å². The Hall–Kier alpha value is -3.03. The summed E-state index contributed by atoms with van der Waals surface area (Å²) in [5.74, 6) is 0.701. The first-order valence-corrected chi connectivity index (χ1v) is 10.6. The molecule has 1 saturated heterocycles. The van der Waals surface area contributed by atoms with Gasteiger partial charge in [0, 0.05) is 54.4 Å². The average molecular weight is 404 g/mol. The second-order valence-corrected chi connectivity index (χ2v) is 8.18. The number of amides is 1. The molecule has 0 unspecified atom stereocenters. The Balaban J connectivity index is 1.46. The largest absolute Gasteiger partial charge is 0.350 e. The summed E-state index contributed by atoms with van der Waals surface area (Å²) in [4.78, 5) is 24.8. The molecule has 3 heterocycles. The first-order valence-electron chi connectivity index (χ1n) is 9.75. The number of thiophene rings is 1. The molecular weight excluding hydrogens is 382 g/mol. The molecule has 1 amide bonds. The molecule has 1 aliphatic rings. The summed E-state index contributed by atoms with van der Waals surface area (Å²) in [6, 6.07) is 16.2. The lowest BCUT2D eigenvalue weighted by Crippen LogP contribution is -2.46. The van der Waals surface area contributed by atoms with Crippen LogP contribution in [0.4, 0.5) is 5.95 Å². The van der Waals surface area contributed by atoms with Gasteiger partial charge in [0.05, 0.1) is 10.4 Å². The molecule has 0 atom stereocenters. The number of hydrogen-bond acceptors (Lipinski definition) is 6. The summed E-state index contributed by atoms with van der Waals surface area (Å²) in [6.45, 7) is 3.87. The van der Waals surface area contributed by atoms with Crippen LogP contribution < -0.4 is 10.6 Å². The van der Waals surface area contributed by atoms with E-state index in [0.29, 0.717) is 12.5 Å². The van der Waals surface area contributed by atoms with E-state index < -0.39 is 0 Å². The van der Waals surface area contributed by atoms with Crippen molar-refractivity contribution in [3.8, 4) is 0 Å². The minimum atomic E-state index is 0.109. The van der Waals surface area contributed by atoms with Crippen LogP contribution in [0.1, 0.15) is 15.2 Å². The fourth-order valence-corrected chi connectivity index (χ4v) is 4.63. The van der Waals surface area contributed by atoms with E-state index in [4.69, 9.17) is 4.98 Å². The maximum absolute atomic E-state index is 12.9. The first kappa shape index (κ1) is 18.0. The predicted molar refractivity (Wildman–Crippen MR) is 117 cm³/mol. The van der Waals surface area contributed by atoms with Gasteiger partial charge in [0.15, 0.2) is 0 Å². The smallest absolute Gasteiger partial charge is 0.264 e. The average Bonchev–Trinajstić information content (AvgIpc) is 3.23. The first-order chi connectivity index (χ1) is 14.3. The number of hydrogen-bond donors (Lipinski definition) is 2. The Kier molecular flexibility index (Phi) is 4.83. The third kappa shape index (κ3) is 3.66. The fraction of sp³-hybridized carbons (Fsp3) is 0.227. The molecule has 2 aromatic heterocycles. The van der Waals surface area contributed by atoms with Crippen molar-refractivity contribution in [1.29, 1.82) is 0 Å². The molecule has 146 valence electrons. The number of nitrogens with zero attached hydrogens (tertiary/aromatic N) is 3. The zero-order valence-electron chi connectivity index (χ0n) is 15.9. The van der Waals surface area contributed by atoms with Gasteiger partial charge in [-0.3, -0.25) is 4.79 Å². The maximum atomic E-state index is 12.9. The molecule has 5 rings (SSSR count). The molecule has 0 aliphatic carbocycles. The van der Waals surface area contributed by atoms with E-state index >= 15 is 0 Å². The van der Waals surface area contributed by atoms with Crippen molar-refractivity contribution in [3.05, 3.63) is 65.2 Å². The van der Waals surface area contributed by atoms with Crippen LogP contribution >= 0.6 is 11.3 Å². The van der Waals surface area contributed by atoms with E-state index in [-0.39, 0.29) is 5.91 Å². The highest BCUT2D eigenvalue weighted by atomic mass is 32.1. The van der Waals surface area contributed by atoms with Crippen LogP contribution in [0.3, 0.4) is 0 Å². The van der Waals surface area contributed by atoms with Crippen LogP contribution in [0, 0.1) is 0 Å². The standard InChI is InChI=1S/C22H21N5OS/c28-21(27-10-8-23-9-11-27)19-12-17-18(29-19)7-6-16-14-25-22(26-20(16)17)24-13-15-4-2-1-3-5-15/h1-7,12,14,23H,8-11,13H2,(H,24,25,26). The van der Waals surface area contributed by atoms with E-state index in [2.05, 4.69) is 33.8 Å². The van der Waals surface area contributed by atoms with E-state index in [1.54, 1.807) is 0 Å². The molecule has 7 heteroatoms. The lowest BCUT2D eigenvalue weighted by atomic mass is 10.1.